The Hall–Kier alpha value is -5.04. The number of carbonyl (C=O) groups is 3. The van der Waals surface area contributed by atoms with Crippen LogP contribution in [0.2, 0.25) is 5.02 Å². The number of nitrogens with zero attached hydrogens (tertiary/aromatic N) is 5. The second-order valence-corrected chi connectivity index (χ2v) is 10.3. The Morgan fingerprint density at radius 1 is 1.19 bits per heavy atom. The lowest BCUT2D eigenvalue weighted by Crippen LogP contribution is -2.28. The maximum absolute atomic E-state index is 13.1. The Bertz CT molecular complexity index is 1630. The molecule has 13 nitrogen and oxygen atoms in total. The van der Waals surface area contributed by atoms with Gasteiger partial charge in [-0.25, -0.2) is 9.78 Å². The summed E-state index contributed by atoms with van der Waals surface area (Å²) in [4.78, 5) is 45.6. The molecule has 4 aromatic rings. The van der Waals surface area contributed by atoms with Crippen LogP contribution >= 0.6 is 11.6 Å². The molecule has 42 heavy (non-hydrogen) atoms. The van der Waals surface area contributed by atoms with Crippen molar-refractivity contribution in [3.8, 4) is 16.9 Å². The van der Waals surface area contributed by atoms with E-state index in [4.69, 9.17) is 11.6 Å². The van der Waals surface area contributed by atoms with Crippen molar-refractivity contribution in [2.75, 3.05) is 17.7 Å². The molecule has 1 aliphatic rings. The number of ether oxygens (including phenoxy) is 1. The normalized spacial score (nSPS) is 17.0. The van der Waals surface area contributed by atoms with Crippen LogP contribution in [0.4, 0.5) is 16.2 Å². The van der Waals surface area contributed by atoms with Gasteiger partial charge in [0.05, 0.1) is 36.4 Å². The van der Waals surface area contributed by atoms with Crippen molar-refractivity contribution in [2.24, 2.45) is 5.92 Å². The fourth-order valence-electron chi connectivity index (χ4n) is 4.65. The van der Waals surface area contributed by atoms with E-state index in [1.807, 2.05) is 6.92 Å². The summed E-state index contributed by atoms with van der Waals surface area (Å²) in [6, 6.07) is 9.86. The minimum atomic E-state index is -0.624. The molecule has 0 saturated heterocycles. The van der Waals surface area contributed by atoms with E-state index in [0.29, 0.717) is 57.6 Å². The number of aromatic amines is 1. The fraction of sp³-hybridized carbons (Fsp3) is 0.250. The number of imidazole rings is 1. The predicted molar refractivity (Wildman–Crippen MR) is 156 cm³/mol. The summed E-state index contributed by atoms with van der Waals surface area (Å²) in [6.45, 7) is 1.98. The molecule has 2 aromatic carbocycles. The van der Waals surface area contributed by atoms with Gasteiger partial charge in [0, 0.05) is 34.3 Å². The Labute approximate surface area is 245 Å². The quantitative estimate of drug-likeness (QED) is 0.246. The number of fused-ring (bicyclic) bond motifs is 4. The van der Waals surface area contributed by atoms with Gasteiger partial charge >= 0.3 is 6.09 Å². The largest absolute Gasteiger partial charge is 0.453 e. The van der Waals surface area contributed by atoms with Crippen LogP contribution in [-0.2, 0) is 14.3 Å². The summed E-state index contributed by atoms with van der Waals surface area (Å²) >= 11 is 6.20. The Kier molecular flexibility index (Phi) is 8.58. The minimum Gasteiger partial charge on any atom is -0.453 e. The number of hydrogen-bond acceptors (Lipinski definition) is 8. The number of hydrogen-bond donors (Lipinski definition) is 4. The zero-order valence-corrected chi connectivity index (χ0v) is 23.6. The molecule has 216 valence electrons. The minimum absolute atomic E-state index is 0.0268. The summed E-state index contributed by atoms with van der Waals surface area (Å²) in [5.41, 5.74) is 3.58. The summed E-state index contributed by atoms with van der Waals surface area (Å²) in [5.74, 6) is 0.101. The average Bonchev–Trinajstić information content (AvgIpc) is 3.67. The zero-order valence-electron chi connectivity index (χ0n) is 22.8. The third kappa shape index (κ3) is 6.81. The maximum atomic E-state index is 13.1. The lowest BCUT2D eigenvalue weighted by Gasteiger charge is -2.20. The van der Waals surface area contributed by atoms with E-state index in [-0.39, 0.29) is 24.2 Å². The van der Waals surface area contributed by atoms with Gasteiger partial charge in [-0.2, -0.15) is 4.68 Å². The molecule has 3 amide bonds. The second kappa shape index (κ2) is 12.6. The number of benzene rings is 2. The first-order valence-corrected chi connectivity index (χ1v) is 13.5. The Morgan fingerprint density at radius 2 is 2.05 bits per heavy atom. The Morgan fingerprint density at radius 3 is 2.83 bits per heavy atom. The molecule has 0 radical (unpaired) electrons. The standard InChI is InChI=1S/C28H28ClN9O4/c1-16-3-8-21(33-25(39)10-4-17-12-18(29)5-9-24(17)38-15-31-36-37-38)27-30-14-23(35-27)20-7-6-19(32-28(41)42-2)13-22(20)34-26(40)11-16/h4-7,9-10,12-16,21H,3,8,11H2,1-2H3,(H,30,35)(H,32,41)(H,33,39)(H,34,40)/b10-4+/t16?,21-/m0/s1. The first-order chi connectivity index (χ1) is 20.3. The SMILES string of the molecule is COC(=O)Nc1ccc2c(c1)NC(=O)CC(C)CC[C@H](NC(=O)/C=C/c1cc(Cl)ccc1-n1cnnn1)c1ncc-2[nH]1. The van der Waals surface area contributed by atoms with Crippen LogP contribution in [-0.4, -0.2) is 55.2 Å². The topological polar surface area (TPSA) is 169 Å². The first kappa shape index (κ1) is 28.5. The molecule has 2 atom stereocenters. The number of tetrazole rings is 1. The molecule has 0 spiro atoms. The molecule has 14 heteroatoms. The number of carbonyl (C=O) groups excluding carboxylic acids is 3. The van der Waals surface area contributed by atoms with E-state index >= 15 is 0 Å². The highest BCUT2D eigenvalue weighted by molar-refractivity contribution is 6.30. The zero-order chi connectivity index (χ0) is 29.6. The van der Waals surface area contributed by atoms with Crippen LogP contribution in [0.5, 0.6) is 0 Å². The molecule has 1 unspecified atom stereocenters. The molecule has 0 fully saturated rings. The number of halogens is 1. The highest BCUT2D eigenvalue weighted by atomic mass is 35.5. The average molecular weight is 590 g/mol. The fourth-order valence-corrected chi connectivity index (χ4v) is 4.83. The van der Waals surface area contributed by atoms with E-state index in [9.17, 15) is 14.4 Å². The van der Waals surface area contributed by atoms with Crippen LogP contribution in [0, 0.1) is 5.92 Å². The van der Waals surface area contributed by atoms with E-state index in [1.54, 1.807) is 48.7 Å². The van der Waals surface area contributed by atoms with Crippen LogP contribution in [0.15, 0.2) is 55.0 Å². The van der Waals surface area contributed by atoms with Gasteiger partial charge < -0.3 is 20.4 Å². The molecule has 4 N–H and O–H groups in total. The predicted octanol–water partition coefficient (Wildman–Crippen LogP) is 4.51. The van der Waals surface area contributed by atoms with E-state index in [0.717, 1.165) is 0 Å². The molecule has 3 heterocycles. The molecule has 0 saturated carbocycles. The molecule has 2 aromatic heterocycles. The van der Waals surface area contributed by atoms with Crippen LogP contribution in [0.25, 0.3) is 23.0 Å². The molecular formula is C28H28ClN9O4. The number of aromatic nitrogens is 6. The number of anilines is 2. The highest BCUT2D eigenvalue weighted by Crippen LogP contribution is 2.32. The van der Waals surface area contributed by atoms with Gasteiger partial charge in [0.2, 0.25) is 11.8 Å². The number of rotatable bonds is 5. The van der Waals surface area contributed by atoms with Crippen molar-refractivity contribution in [1.29, 1.82) is 0 Å². The van der Waals surface area contributed by atoms with Crippen molar-refractivity contribution < 1.29 is 19.1 Å². The third-order valence-electron chi connectivity index (χ3n) is 6.74. The highest BCUT2D eigenvalue weighted by Gasteiger charge is 2.22. The lowest BCUT2D eigenvalue weighted by atomic mass is 9.97. The smallest absolute Gasteiger partial charge is 0.411 e. The van der Waals surface area contributed by atoms with E-state index in [2.05, 4.69) is 46.2 Å². The van der Waals surface area contributed by atoms with Crippen molar-refractivity contribution in [3.05, 3.63) is 71.4 Å². The van der Waals surface area contributed by atoms with Gasteiger partial charge in [0.1, 0.15) is 12.2 Å². The van der Waals surface area contributed by atoms with Gasteiger partial charge in [-0.3, -0.25) is 14.9 Å². The Balaban J connectivity index is 1.41. The van der Waals surface area contributed by atoms with Crippen molar-refractivity contribution in [1.82, 2.24) is 35.5 Å². The van der Waals surface area contributed by atoms with Crippen molar-refractivity contribution in [3.63, 3.8) is 0 Å². The van der Waals surface area contributed by atoms with Crippen LogP contribution < -0.4 is 16.0 Å². The monoisotopic (exact) mass is 589 g/mol. The third-order valence-corrected chi connectivity index (χ3v) is 6.97. The summed E-state index contributed by atoms with van der Waals surface area (Å²) in [5, 5.41) is 20.4. The summed E-state index contributed by atoms with van der Waals surface area (Å²) < 4.78 is 6.16. The molecular weight excluding hydrogens is 562 g/mol. The van der Waals surface area contributed by atoms with Gasteiger partial charge in [-0.15, -0.1) is 5.10 Å². The van der Waals surface area contributed by atoms with Crippen LogP contribution in [0.3, 0.4) is 0 Å². The molecule has 2 bridgehead atoms. The molecule has 0 aliphatic carbocycles. The second-order valence-electron chi connectivity index (χ2n) is 9.85. The number of amides is 3. The van der Waals surface area contributed by atoms with Crippen molar-refractivity contribution in [2.45, 2.75) is 32.2 Å². The van der Waals surface area contributed by atoms with Gasteiger partial charge in [0.15, 0.2) is 0 Å². The first-order valence-electron chi connectivity index (χ1n) is 13.1. The number of methoxy groups -OCH3 is 1. The molecule has 5 rings (SSSR count). The van der Waals surface area contributed by atoms with Gasteiger partial charge in [-0.1, -0.05) is 18.5 Å². The van der Waals surface area contributed by atoms with Crippen molar-refractivity contribution >= 4 is 47.0 Å². The maximum Gasteiger partial charge on any atom is 0.411 e. The molecule has 1 aliphatic heterocycles. The number of nitrogens with one attached hydrogen (secondary N) is 4. The lowest BCUT2D eigenvalue weighted by molar-refractivity contribution is -0.118. The summed E-state index contributed by atoms with van der Waals surface area (Å²) in [6.07, 6.45) is 7.04. The van der Waals surface area contributed by atoms with E-state index < -0.39 is 12.1 Å². The van der Waals surface area contributed by atoms with Gasteiger partial charge in [0.25, 0.3) is 0 Å². The van der Waals surface area contributed by atoms with Crippen LogP contribution in [0.1, 0.15) is 43.6 Å². The van der Waals surface area contributed by atoms with Gasteiger partial charge in [-0.05, 0) is 71.7 Å². The summed E-state index contributed by atoms with van der Waals surface area (Å²) in [7, 11) is 1.27. The number of H-pyrrole nitrogens is 1. The van der Waals surface area contributed by atoms with E-state index in [1.165, 1.54) is 24.2 Å².